The van der Waals surface area contributed by atoms with Crippen LogP contribution in [0.5, 0.6) is 0 Å². The average molecular weight is 118 g/mol. The SMILES string of the molecule is [CH2]CCN(OC)OC. The van der Waals surface area contributed by atoms with Crippen LogP contribution in [0.1, 0.15) is 6.42 Å². The smallest absolute Gasteiger partial charge is 0.0601 e. The molecule has 1 radical (unpaired) electrons. The minimum atomic E-state index is 0.701. The van der Waals surface area contributed by atoms with Gasteiger partial charge in [-0.25, -0.2) is 0 Å². The van der Waals surface area contributed by atoms with Crippen molar-refractivity contribution in [1.82, 2.24) is 5.23 Å². The van der Waals surface area contributed by atoms with E-state index in [1.807, 2.05) is 0 Å². The maximum Gasteiger partial charge on any atom is 0.0601 e. The second kappa shape index (κ2) is 5.03. The van der Waals surface area contributed by atoms with E-state index in [0.717, 1.165) is 6.42 Å². The Balaban J connectivity index is 3.07. The van der Waals surface area contributed by atoms with Gasteiger partial charge in [0.2, 0.25) is 0 Å². The second-order valence-electron chi connectivity index (χ2n) is 1.28. The Morgan fingerprint density at radius 3 is 2.00 bits per heavy atom. The highest BCUT2D eigenvalue weighted by Crippen LogP contribution is 1.88. The zero-order valence-corrected chi connectivity index (χ0v) is 5.39. The molecule has 0 saturated heterocycles. The highest BCUT2D eigenvalue weighted by Gasteiger charge is 1.95. The summed E-state index contributed by atoms with van der Waals surface area (Å²) >= 11 is 0. The molecule has 0 rings (SSSR count). The van der Waals surface area contributed by atoms with Crippen LogP contribution in [0.15, 0.2) is 0 Å². The summed E-state index contributed by atoms with van der Waals surface area (Å²) in [7, 11) is 3.11. The quantitative estimate of drug-likeness (QED) is 0.505. The lowest BCUT2D eigenvalue weighted by Gasteiger charge is -2.13. The van der Waals surface area contributed by atoms with Gasteiger partial charge in [-0.2, -0.15) is 0 Å². The van der Waals surface area contributed by atoms with Crippen LogP contribution >= 0.6 is 0 Å². The zero-order chi connectivity index (χ0) is 6.41. The van der Waals surface area contributed by atoms with Crippen LogP contribution in [0.2, 0.25) is 0 Å². The number of hydroxylamine groups is 2. The Morgan fingerprint density at radius 1 is 1.38 bits per heavy atom. The Hall–Kier alpha value is -0.120. The third-order valence-electron chi connectivity index (χ3n) is 0.748. The predicted molar refractivity (Wildman–Crippen MR) is 30.7 cm³/mol. The fourth-order valence-corrected chi connectivity index (χ4v) is 0.386. The molecule has 8 heavy (non-hydrogen) atoms. The molecule has 0 spiro atoms. The third kappa shape index (κ3) is 2.96. The molecule has 0 fully saturated rings. The van der Waals surface area contributed by atoms with Crippen LogP contribution in [0, 0.1) is 6.92 Å². The number of hydrogen-bond donors (Lipinski definition) is 0. The van der Waals surface area contributed by atoms with Gasteiger partial charge in [0, 0.05) is 0 Å². The predicted octanol–water partition coefficient (Wildman–Crippen LogP) is 0.635. The summed E-state index contributed by atoms with van der Waals surface area (Å²) in [4.78, 5) is 9.42. The minimum absolute atomic E-state index is 0.701. The standard InChI is InChI=1S/C5H12NO2/c1-4-5-6(7-2)8-3/h1,4-5H2,2-3H3. The first-order valence-electron chi connectivity index (χ1n) is 2.50. The Morgan fingerprint density at radius 2 is 1.88 bits per heavy atom. The molecular formula is C5H12NO2. The van der Waals surface area contributed by atoms with Gasteiger partial charge in [0.25, 0.3) is 0 Å². The van der Waals surface area contributed by atoms with Gasteiger partial charge in [-0.1, -0.05) is 12.2 Å². The first-order chi connectivity index (χ1) is 3.85. The van der Waals surface area contributed by atoms with Crippen molar-refractivity contribution in [1.29, 1.82) is 0 Å². The van der Waals surface area contributed by atoms with Gasteiger partial charge in [-0.05, 0) is 6.42 Å². The maximum absolute atomic E-state index is 4.71. The van der Waals surface area contributed by atoms with E-state index in [1.165, 1.54) is 5.23 Å². The summed E-state index contributed by atoms with van der Waals surface area (Å²) in [6, 6.07) is 0. The van der Waals surface area contributed by atoms with Crippen molar-refractivity contribution in [3.8, 4) is 0 Å². The van der Waals surface area contributed by atoms with Gasteiger partial charge < -0.3 is 0 Å². The van der Waals surface area contributed by atoms with E-state index in [2.05, 4.69) is 6.92 Å². The van der Waals surface area contributed by atoms with Gasteiger partial charge >= 0.3 is 0 Å². The highest BCUT2D eigenvalue weighted by molar-refractivity contribution is 4.36. The van der Waals surface area contributed by atoms with E-state index in [4.69, 9.17) is 9.68 Å². The van der Waals surface area contributed by atoms with Crippen LogP contribution in [0.4, 0.5) is 0 Å². The Labute approximate surface area is 50.1 Å². The Bertz CT molecular complexity index is 45.7. The highest BCUT2D eigenvalue weighted by atomic mass is 16.9. The van der Waals surface area contributed by atoms with Gasteiger partial charge in [-0.3, -0.25) is 9.68 Å². The van der Waals surface area contributed by atoms with E-state index in [1.54, 1.807) is 14.2 Å². The van der Waals surface area contributed by atoms with Gasteiger partial charge in [-0.15, -0.1) is 0 Å². The van der Waals surface area contributed by atoms with Gasteiger partial charge in [0.15, 0.2) is 0 Å². The lowest BCUT2D eigenvalue weighted by molar-refractivity contribution is -0.341. The minimum Gasteiger partial charge on any atom is -0.278 e. The Kier molecular flexibility index (Phi) is 4.95. The molecule has 0 atom stereocenters. The number of rotatable bonds is 4. The molecule has 0 bridgehead atoms. The molecule has 3 nitrogen and oxygen atoms in total. The van der Waals surface area contributed by atoms with Crippen LogP contribution in [-0.4, -0.2) is 26.0 Å². The monoisotopic (exact) mass is 118 g/mol. The lowest BCUT2D eigenvalue weighted by atomic mass is 10.5. The number of nitrogens with zero attached hydrogens (tertiary/aromatic N) is 1. The summed E-state index contributed by atoms with van der Waals surface area (Å²) in [6.07, 6.45) is 0.779. The van der Waals surface area contributed by atoms with Crippen LogP contribution < -0.4 is 0 Å². The molecule has 0 N–H and O–H groups in total. The maximum atomic E-state index is 4.71. The molecular weight excluding hydrogens is 106 g/mol. The molecule has 49 valence electrons. The van der Waals surface area contributed by atoms with E-state index in [0.29, 0.717) is 6.54 Å². The molecule has 0 saturated carbocycles. The molecule has 0 aliphatic rings. The van der Waals surface area contributed by atoms with Crippen LogP contribution in [0.25, 0.3) is 0 Å². The summed E-state index contributed by atoms with van der Waals surface area (Å²) < 4.78 is 0. The molecule has 0 aliphatic heterocycles. The fraction of sp³-hybridized carbons (Fsp3) is 0.800. The van der Waals surface area contributed by atoms with Crippen molar-refractivity contribution in [3.05, 3.63) is 6.92 Å². The van der Waals surface area contributed by atoms with Crippen molar-refractivity contribution in [3.63, 3.8) is 0 Å². The largest absolute Gasteiger partial charge is 0.278 e. The molecule has 0 aliphatic carbocycles. The van der Waals surface area contributed by atoms with Crippen LogP contribution in [0.3, 0.4) is 0 Å². The van der Waals surface area contributed by atoms with E-state index >= 15 is 0 Å². The first kappa shape index (κ1) is 7.88. The summed E-state index contributed by atoms with van der Waals surface area (Å²) in [5, 5.41) is 1.37. The van der Waals surface area contributed by atoms with Crippen molar-refractivity contribution in [2.45, 2.75) is 6.42 Å². The normalized spacial score (nSPS) is 10.5. The lowest BCUT2D eigenvalue weighted by Crippen LogP contribution is -2.21. The average Bonchev–Trinajstić information content (AvgIpc) is 1.83. The molecule has 0 aromatic rings. The van der Waals surface area contributed by atoms with Crippen LogP contribution in [-0.2, 0) is 9.68 Å². The molecule has 0 unspecified atom stereocenters. The fourth-order valence-electron chi connectivity index (χ4n) is 0.386. The topological polar surface area (TPSA) is 21.7 Å². The van der Waals surface area contributed by atoms with Gasteiger partial charge in [0.1, 0.15) is 0 Å². The summed E-state index contributed by atoms with van der Waals surface area (Å²) in [6.45, 7) is 4.32. The molecule has 0 amide bonds. The summed E-state index contributed by atoms with van der Waals surface area (Å²) in [5.41, 5.74) is 0. The molecule has 0 aromatic heterocycles. The third-order valence-corrected chi connectivity index (χ3v) is 0.748. The van der Waals surface area contributed by atoms with E-state index < -0.39 is 0 Å². The van der Waals surface area contributed by atoms with Gasteiger partial charge in [0.05, 0.1) is 20.8 Å². The zero-order valence-electron chi connectivity index (χ0n) is 5.39. The number of hydrogen-bond acceptors (Lipinski definition) is 3. The van der Waals surface area contributed by atoms with Crippen molar-refractivity contribution < 1.29 is 9.68 Å². The molecule has 0 heterocycles. The summed E-state index contributed by atoms with van der Waals surface area (Å²) in [5.74, 6) is 0. The molecule has 0 aromatic carbocycles. The molecule has 3 heteroatoms. The van der Waals surface area contributed by atoms with Crippen molar-refractivity contribution in [2.75, 3.05) is 20.8 Å². The van der Waals surface area contributed by atoms with E-state index in [-0.39, 0.29) is 0 Å². The van der Waals surface area contributed by atoms with Crippen molar-refractivity contribution >= 4 is 0 Å². The second-order valence-corrected chi connectivity index (χ2v) is 1.28. The van der Waals surface area contributed by atoms with Crippen molar-refractivity contribution in [2.24, 2.45) is 0 Å². The first-order valence-corrected chi connectivity index (χ1v) is 2.50. The van der Waals surface area contributed by atoms with E-state index in [9.17, 15) is 0 Å².